The maximum absolute atomic E-state index is 9.57. The van der Waals surface area contributed by atoms with Crippen LogP contribution in [0.4, 0.5) is 5.82 Å². The highest BCUT2D eigenvalue weighted by Crippen LogP contribution is 2.29. The molecule has 1 aliphatic heterocycles. The fourth-order valence-electron chi connectivity index (χ4n) is 3.20. The van der Waals surface area contributed by atoms with Crippen molar-refractivity contribution in [2.45, 2.75) is 32.6 Å². The van der Waals surface area contributed by atoms with Crippen molar-refractivity contribution in [2.24, 2.45) is 0 Å². The molecule has 0 radical (unpaired) electrons. The Morgan fingerprint density at radius 2 is 1.84 bits per heavy atom. The molecule has 1 saturated heterocycles. The van der Waals surface area contributed by atoms with E-state index in [0.29, 0.717) is 0 Å². The molecule has 1 aromatic rings. The number of hydrogen-bond donors (Lipinski definition) is 0. The van der Waals surface area contributed by atoms with Crippen LogP contribution in [0.1, 0.15) is 35.2 Å². The number of nitrogens with one attached hydrogen (secondary N) is 1. The summed E-state index contributed by atoms with van der Waals surface area (Å²) in [4.78, 5) is 5.73. The van der Waals surface area contributed by atoms with E-state index in [1.165, 1.54) is 29.7 Å². The number of aromatic amines is 1. The predicted octanol–water partition coefficient (Wildman–Crippen LogP) is 1.40. The normalized spacial score (nSPS) is 18.8. The quantitative estimate of drug-likeness (QED) is 0.765. The number of anilines is 1. The number of aryl methyl sites for hydroxylation is 1. The topological polar surface area (TPSA) is 50.4 Å². The molecule has 4 nitrogen and oxygen atoms in total. The van der Waals surface area contributed by atoms with Gasteiger partial charge in [0, 0.05) is 0 Å². The Hall–Kier alpha value is -1.60. The number of ether oxygens (including phenoxy) is 1. The van der Waals surface area contributed by atoms with Crippen LogP contribution in [-0.4, -0.2) is 26.3 Å². The second-order valence-corrected chi connectivity index (χ2v) is 5.35. The number of rotatable bonds is 1. The van der Waals surface area contributed by atoms with Gasteiger partial charge >= 0.3 is 0 Å². The summed E-state index contributed by atoms with van der Waals surface area (Å²) < 4.78 is 5.40. The van der Waals surface area contributed by atoms with Gasteiger partial charge in [0.15, 0.2) is 0 Å². The summed E-state index contributed by atoms with van der Waals surface area (Å²) in [7, 11) is 0. The minimum absolute atomic E-state index is 0.745. The van der Waals surface area contributed by atoms with Gasteiger partial charge in [-0.25, -0.2) is 4.98 Å². The third-order valence-electron chi connectivity index (χ3n) is 4.20. The summed E-state index contributed by atoms with van der Waals surface area (Å²) in [6, 6.07) is 2.43. The van der Waals surface area contributed by atoms with Crippen LogP contribution in [0.5, 0.6) is 0 Å². The molecule has 1 N–H and O–H groups in total. The van der Waals surface area contributed by atoms with Gasteiger partial charge in [0.05, 0.1) is 13.2 Å². The van der Waals surface area contributed by atoms with E-state index in [1.54, 1.807) is 0 Å². The highest BCUT2D eigenvalue weighted by molar-refractivity contribution is 5.57. The van der Waals surface area contributed by atoms with Gasteiger partial charge in [0.2, 0.25) is 0 Å². The van der Waals surface area contributed by atoms with E-state index < -0.39 is 0 Å². The third-order valence-corrected chi connectivity index (χ3v) is 4.20. The number of H-pyrrole nitrogens is 1. The molecule has 2 aliphatic rings. The predicted molar refractivity (Wildman–Crippen MR) is 72.1 cm³/mol. The van der Waals surface area contributed by atoms with Crippen molar-refractivity contribution in [1.82, 2.24) is 0 Å². The van der Waals surface area contributed by atoms with Crippen molar-refractivity contribution >= 4 is 5.82 Å². The minimum Gasteiger partial charge on any atom is -0.373 e. The van der Waals surface area contributed by atoms with Crippen LogP contribution in [0.2, 0.25) is 0 Å². The molecule has 2 heterocycles. The van der Waals surface area contributed by atoms with Crippen molar-refractivity contribution in [3.63, 3.8) is 0 Å². The van der Waals surface area contributed by atoms with E-state index in [2.05, 4.69) is 22.9 Å². The highest BCUT2D eigenvalue weighted by Gasteiger charge is 2.29. The van der Waals surface area contributed by atoms with E-state index in [-0.39, 0.29) is 0 Å². The van der Waals surface area contributed by atoms with Crippen LogP contribution in [-0.2, 0) is 17.6 Å². The molecule has 1 aliphatic carbocycles. The van der Waals surface area contributed by atoms with Crippen LogP contribution < -0.4 is 9.88 Å². The fourth-order valence-corrected chi connectivity index (χ4v) is 3.20. The fraction of sp³-hybridized carbons (Fsp3) is 0.600. The minimum atomic E-state index is 0.745. The molecular formula is C15H20N3O+. The van der Waals surface area contributed by atoms with E-state index in [4.69, 9.17) is 4.74 Å². The van der Waals surface area contributed by atoms with Crippen molar-refractivity contribution in [2.75, 3.05) is 31.2 Å². The Kier molecular flexibility index (Phi) is 3.39. The number of nitriles is 1. The second-order valence-electron chi connectivity index (χ2n) is 5.35. The molecule has 0 spiro atoms. The standard InChI is InChI=1S/C15H19N3O/c1-11-12-4-2-3-5-13(12)14(10-16)15(17-11)18-6-8-19-9-7-18/h2-9H2,1H3/p+1. The lowest BCUT2D eigenvalue weighted by molar-refractivity contribution is -0.375. The molecule has 3 rings (SSSR count). The molecule has 0 amide bonds. The Morgan fingerprint density at radius 3 is 2.53 bits per heavy atom. The number of nitrogens with zero attached hydrogens (tertiary/aromatic N) is 2. The Labute approximate surface area is 114 Å². The van der Waals surface area contributed by atoms with Gasteiger partial charge in [0.25, 0.3) is 5.82 Å². The Bertz CT molecular complexity index is 527. The number of hydrogen-bond acceptors (Lipinski definition) is 3. The smallest absolute Gasteiger partial charge is 0.293 e. The van der Waals surface area contributed by atoms with Gasteiger partial charge in [-0.05, 0) is 43.7 Å². The molecule has 0 bridgehead atoms. The maximum Gasteiger partial charge on any atom is 0.293 e. The first-order chi connectivity index (χ1) is 9.31. The number of aromatic nitrogens is 1. The maximum atomic E-state index is 9.57. The lowest BCUT2D eigenvalue weighted by atomic mass is 9.88. The second kappa shape index (κ2) is 5.18. The van der Waals surface area contributed by atoms with Crippen LogP contribution >= 0.6 is 0 Å². The average molecular weight is 258 g/mol. The summed E-state index contributed by atoms with van der Waals surface area (Å²) in [5, 5.41) is 9.57. The van der Waals surface area contributed by atoms with Gasteiger partial charge in [-0.3, -0.25) is 4.90 Å². The molecule has 100 valence electrons. The molecule has 0 atom stereocenters. The molecular weight excluding hydrogens is 238 g/mol. The van der Waals surface area contributed by atoms with Crippen molar-refractivity contribution in [1.29, 1.82) is 5.26 Å². The van der Waals surface area contributed by atoms with Gasteiger partial charge in [-0.2, -0.15) is 5.26 Å². The molecule has 1 aromatic heterocycles. The summed E-state index contributed by atoms with van der Waals surface area (Å²) in [5.41, 5.74) is 4.75. The SMILES string of the molecule is Cc1[nH+]c(N2CCOCC2)c(C#N)c2c1CCCC2. The first-order valence-corrected chi connectivity index (χ1v) is 7.11. The lowest BCUT2D eigenvalue weighted by Gasteiger charge is -2.25. The third kappa shape index (κ3) is 2.19. The molecule has 1 fully saturated rings. The van der Waals surface area contributed by atoms with Crippen LogP contribution in [0.15, 0.2) is 0 Å². The zero-order chi connectivity index (χ0) is 13.2. The number of fused-ring (bicyclic) bond motifs is 1. The zero-order valence-corrected chi connectivity index (χ0v) is 11.5. The van der Waals surface area contributed by atoms with E-state index in [1.807, 2.05) is 0 Å². The molecule has 19 heavy (non-hydrogen) atoms. The first-order valence-electron chi connectivity index (χ1n) is 7.11. The molecule has 0 unspecified atom stereocenters. The van der Waals surface area contributed by atoms with Gasteiger partial charge in [0.1, 0.15) is 30.4 Å². The Morgan fingerprint density at radius 1 is 1.16 bits per heavy atom. The van der Waals surface area contributed by atoms with Crippen molar-refractivity contribution in [3.8, 4) is 6.07 Å². The van der Waals surface area contributed by atoms with E-state index in [9.17, 15) is 5.26 Å². The summed E-state index contributed by atoms with van der Waals surface area (Å²) >= 11 is 0. The van der Waals surface area contributed by atoms with Crippen LogP contribution in [0.3, 0.4) is 0 Å². The zero-order valence-electron chi connectivity index (χ0n) is 11.5. The number of morpholine rings is 1. The van der Waals surface area contributed by atoms with Crippen molar-refractivity contribution in [3.05, 3.63) is 22.4 Å². The van der Waals surface area contributed by atoms with Crippen LogP contribution in [0, 0.1) is 18.3 Å². The average Bonchev–Trinajstić information content (AvgIpc) is 2.48. The molecule has 4 heteroatoms. The Balaban J connectivity index is 2.09. The highest BCUT2D eigenvalue weighted by atomic mass is 16.5. The van der Waals surface area contributed by atoms with Crippen LogP contribution in [0.25, 0.3) is 0 Å². The number of pyridine rings is 1. The lowest BCUT2D eigenvalue weighted by Crippen LogP contribution is -2.41. The van der Waals surface area contributed by atoms with Gasteiger partial charge in [-0.1, -0.05) is 0 Å². The monoisotopic (exact) mass is 258 g/mol. The van der Waals surface area contributed by atoms with E-state index >= 15 is 0 Å². The summed E-state index contributed by atoms with van der Waals surface area (Å²) in [5.74, 6) is 1.00. The van der Waals surface area contributed by atoms with Gasteiger partial charge < -0.3 is 4.74 Å². The summed E-state index contributed by atoms with van der Waals surface area (Å²) in [6.45, 7) is 5.35. The van der Waals surface area contributed by atoms with Gasteiger partial charge in [-0.15, -0.1) is 0 Å². The summed E-state index contributed by atoms with van der Waals surface area (Å²) in [6.07, 6.45) is 4.60. The molecule has 0 saturated carbocycles. The largest absolute Gasteiger partial charge is 0.373 e. The first kappa shape index (κ1) is 12.4. The van der Waals surface area contributed by atoms with E-state index in [0.717, 1.165) is 50.5 Å². The van der Waals surface area contributed by atoms with Crippen molar-refractivity contribution < 1.29 is 9.72 Å². The molecule has 0 aromatic carbocycles.